The molecule has 2 aromatic rings. The molecule has 0 bridgehead atoms. The van der Waals surface area contributed by atoms with Crippen LogP contribution in [0.1, 0.15) is 10.4 Å². The van der Waals surface area contributed by atoms with Crippen LogP contribution in [0.25, 0.3) is 0 Å². The van der Waals surface area contributed by atoms with Crippen LogP contribution in [0, 0.1) is 0 Å². The maximum atomic E-state index is 11.9. The minimum absolute atomic E-state index is 0.0472. The lowest BCUT2D eigenvalue weighted by Crippen LogP contribution is -2.21. The van der Waals surface area contributed by atoms with Crippen LogP contribution < -0.4 is 4.72 Å². The van der Waals surface area contributed by atoms with Crippen molar-refractivity contribution in [3.63, 3.8) is 0 Å². The highest BCUT2D eigenvalue weighted by Gasteiger charge is 2.15. The molecule has 20 heavy (non-hydrogen) atoms. The molecule has 1 aromatic carbocycles. The summed E-state index contributed by atoms with van der Waals surface area (Å²) in [5, 5.41) is 6.03. The number of aromatic amines is 1. The molecule has 1 aromatic heterocycles. The summed E-state index contributed by atoms with van der Waals surface area (Å²) in [6.07, 6.45) is 2.50. The van der Waals surface area contributed by atoms with Gasteiger partial charge in [-0.25, -0.2) is 8.42 Å². The molecule has 0 fully saturated rings. The summed E-state index contributed by atoms with van der Waals surface area (Å²) < 4.78 is 26.3. The van der Waals surface area contributed by atoms with Crippen LogP contribution in [0.5, 0.6) is 0 Å². The Hall–Kier alpha value is -2.35. The van der Waals surface area contributed by atoms with Gasteiger partial charge in [0, 0.05) is 31.5 Å². The van der Waals surface area contributed by atoms with Crippen LogP contribution in [0.3, 0.4) is 0 Å². The van der Waals surface area contributed by atoms with E-state index >= 15 is 0 Å². The van der Waals surface area contributed by atoms with E-state index in [9.17, 15) is 13.2 Å². The fraction of sp³-hybridized carbons (Fsp3) is 0.167. The summed E-state index contributed by atoms with van der Waals surface area (Å²) in [6, 6.07) is 6.20. The standard InChI is InChI=1S/C12H14N4O3S/c1-16(2)12(17)9-3-5-10(6-4-9)15-20(18,19)11-7-13-14-8-11/h3-8,15H,1-2H3,(H,13,14). The van der Waals surface area contributed by atoms with Crippen molar-refractivity contribution in [2.45, 2.75) is 4.90 Å². The third-order valence-electron chi connectivity index (χ3n) is 2.57. The smallest absolute Gasteiger partial charge is 0.265 e. The quantitative estimate of drug-likeness (QED) is 0.876. The number of anilines is 1. The van der Waals surface area contributed by atoms with E-state index in [1.165, 1.54) is 29.4 Å². The first-order valence-corrected chi connectivity index (χ1v) is 7.22. The fourth-order valence-electron chi connectivity index (χ4n) is 1.54. The normalized spacial score (nSPS) is 11.1. The van der Waals surface area contributed by atoms with Gasteiger partial charge in [-0.3, -0.25) is 14.6 Å². The van der Waals surface area contributed by atoms with E-state index < -0.39 is 10.0 Å². The second kappa shape index (κ2) is 5.33. The molecule has 1 amide bonds. The number of rotatable bonds is 4. The molecule has 0 unspecified atom stereocenters. The van der Waals surface area contributed by atoms with Gasteiger partial charge >= 0.3 is 0 Å². The van der Waals surface area contributed by atoms with E-state index in [2.05, 4.69) is 14.9 Å². The highest BCUT2D eigenvalue weighted by molar-refractivity contribution is 7.92. The van der Waals surface area contributed by atoms with Crippen LogP contribution in [-0.4, -0.2) is 43.5 Å². The van der Waals surface area contributed by atoms with Crippen molar-refractivity contribution in [2.24, 2.45) is 0 Å². The number of nitrogens with one attached hydrogen (secondary N) is 2. The number of H-pyrrole nitrogens is 1. The van der Waals surface area contributed by atoms with Gasteiger partial charge in [0.2, 0.25) is 0 Å². The third kappa shape index (κ3) is 2.97. The van der Waals surface area contributed by atoms with Crippen LogP contribution >= 0.6 is 0 Å². The molecular weight excluding hydrogens is 280 g/mol. The van der Waals surface area contributed by atoms with E-state index in [0.29, 0.717) is 11.3 Å². The van der Waals surface area contributed by atoms with Crippen molar-refractivity contribution in [2.75, 3.05) is 18.8 Å². The Morgan fingerprint density at radius 2 is 1.90 bits per heavy atom. The molecule has 8 heteroatoms. The lowest BCUT2D eigenvalue weighted by atomic mass is 10.2. The molecule has 0 aliphatic carbocycles. The Labute approximate surface area is 116 Å². The number of benzene rings is 1. The SMILES string of the molecule is CN(C)C(=O)c1ccc(NS(=O)(=O)c2cn[nH]c2)cc1. The van der Waals surface area contributed by atoms with E-state index in [4.69, 9.17) is 0 Å². The van der Waals surface area contributed by atoms with Gasteiger partial charge in [-0.2, -0.15) is 5.10 Å². The summed E-state index contributed by atoms with van der Waals surface area (Å²) in [7, 11) is -0.357. The van der Waals surface area contributed by atoms with Crippen molar-refractivity contribution in [1.82, 2.24) is 15.1 Å². The third-order valence-corrected chi connectivity index (χ3v) is 3.92. The number of hydrogen-bond donors (Lipinski definition) is 2. The fourth-order valence-corrected chi connectivity index (χ4v) is 2.50. The highest BCUT2D eigenvalue weighted by atomic mass is 32.2. The first-order valence-electron chi connectivity index (χ1n) is 5.73. The predicted molar refractivity (Wildman–Crippen MR) is 73.9 cm³/mol. The Kier molecular flexibility index (Phi) is 3.75. The monoisotopic (exact) mass is 294 g/mol. The molecule has 0 spiro atoms. The average Bonchev–Trinajstić information content (AvgIpc) is 2.93. The second-order valence-corrected chi connectivity index (χ2v) is 6.00. The molecule has 106 valence electrons. The van der Waals surface area contributed by atoms with E-state index in [0.717, 1.165) is 0 Å². The summed E-state index contributed by atoms with van der Waals surface area (Å²) in [5.41, 5.74) is 0.864. The largest absolute Gasteiger partial charge is 0.345 e. The van der Waals surface area contributed by atoms with E-state index in [1.807, 2.05) is 0 Å². The highest BCUT2D eigenvalue weighted by Crippen LogP contribution is 2.16. The topological polar surface area (TPSA) is 95.2 Å². The Morgan fingerprint density at radius 1 is 1.25 bits per heavy atom. The number of nitrogens with zero attached hydrogens (tertiary/aromatic N) is 2. The summed E-state index contributed by atoms with van der Waals surface area (Å²) in [5.74, 6) is -0.144. The zero-order valence-corrected chi connectivity index (χ0v) is 11.8. The molecule has 0 saturated carbocycles. The van der Waals surface area contributed by atoms with Crippen molar-refractivity contribution < 1.29 is 13.2 Å². The van der Waals surface area contributed by atoms with Gasteiger partial charge in [-0.15, -0.1) is 0 Å². The number of amides is 1. The van der Waals surface area contributed by atoms with Crippen LogP contribution in [0.15, 0.2) is 41.6 Å². The maximum Gasteiger partial charge on any atom is 0.265 e. The molecule has 0 aliphatic rings. The first-order chi connectivity index (χ1) is 9.40. The number of carbonyl (C=O) groups is 1. The predicted octanol–water partition coefficient (Wildman–Crippen LogP) is 0.912. The van der Waals surface area contributed by atoms with Gasteiger partial charge < -0.3 is 4.90 Å². The van der Waals surface area contributed by atoms with Crippen LogP contribution in [-0.2, 0) is 10.0 Å². The van der Waals surface area contributed by atoms with Gasteiger partial charge in [0.25, 0.3) is 15.9 Å². The molecule has 7 nitrogen and oxygen atoms in total. The molecule has 0 radical (unpaired) electrons. The Bertz CT molecular complexity index is 691. The van der Waals surface area contributed by atoms with Crippen molar-refractivity contribution >= 4 is 21.6 Å². The number of sulfonamides is 1. The lowest BCUT2D eigenvalue weighted by Gasteiger charge is -2.11. The average molecular weight is 294 g/mol. The molecule has 0 aliphatic heterocycles. The first kappa shape index (κ1) is 14.1. The maximum absolute atomic E-state index is 11.9. The minimum atomic E-state index is -3.66. The summed E-state index contributed by atoms with van der Waals surface area (Å²) in [4.78, 5) is 13.2. The number of carbonyl (C=O) groups excluding carboxylic acids is 1. The molecule has 0 saturated heterocycles. The van der Waals surface area contributed by atoms with Gasteiger partial charge in [0.1, 0.15) is 4.90 Å². The summed E-state index contributed by atoms with van der Waals surface area (Å²) in [6.45, 7) is 0. The minimum Gasteiger partial charge on any atom is -0.345 e. The Morgan fingerprint density at radius 3 is 2.40 bits per heavy atom. The number of aromatic nitrogens is 2. The van der Waals surface area contributed by atoms with Gasteiger partial charge in [-0.05, 0) is 24.3 Å². The van der Waals surface area contributed by atoms with Crippen molar-refractivity contribution in [3.05, 3.63) is 42.2 Å². The molecule has 2 rings (SSSR count). The lowest BCUT2D eigenvalue weighted by molar-refractivity contribution is 0.0827. The molecule has 2 N–H and O–H groups in total. The molecular formula is C12H14N4O3S. The molecule has 1 heterocycles. The van der Waals surface area contributed by atoms with Crippen LogP contribution in [0.4, 0.5) is 5.69 Å². The second-order valence-electron chi connectivity index (χ2n) is 4.32. The zero-order chi connectivity index (χ0) is 14.8. The van der Waals surface area contributed by atoms with Gasteiger partial charge in [0.15, 0.2) is 0 Å². The zero-order valence-electron chi connectivity index (χ0n) is 11.0. The van der Waals surface area contributed by atoms with E-state index in [-0.39, 0.29) is 10.8 Å². The number of hydrogen-bond acceptors (Lipinski definition) is 4. The van der Waals surface area contributed by atoms with Crippen LogP contribution in [0.2, 0.25) is 0 Å². The van der Waals surface area contributed by atoms with Crippen molar-refractivity contribution in [1.29, 1.82) is 0 Å². The summed E-state index contributed by atoms with van der Waals surface area (Å²) >= 11 is 0. The Balaban J connectivity index is 2.18. The van der Waals surface area contributed by atoms with Crippen molar-refractivity contribution in [3.8, 4) is 0 Å². The van der Waals surface area contributed by atoms with E-state index in [1.54, 1.807) is 26.2 Å². The van der Waals surface area contributed by atoms with Gasteiger partial charge in [-0.1, -0.05) is 0 Å². The van der Waals surface area contributed by atoms with Gasteiger partial charge in [0.05, 0.1) is 6.20 Å². The molecule has 0 atom stereocenters.